The summed E-state index contributed by atoms with van der Waals surface area (Å²) in [5.41, 5.74) is 0.396. The van der Waals surface area contributed by atoms with Gasteiger partial charge in [0.1, 0.15) is 0 Å². The standard InChI is InChI=1S/C3H8NO3P/c1-3(2)8-5-4(6-8)7-8/h3,8H,1-2H3. The molecule has 3 aliphatic rings. The maximum atomic E-state index is 5.00. The molecule has 4 nitrogen and oxygen atoms in total. The molecule has 3 aliphatic heterocycles. The van der Waals surface area contributed by atoms with E-state index in [-0.39, 0.29) is 0 Å². The zero-order chi connectivity index (χ0) is 5.78. The first-order valence-electron chi connectivity index (χ1n) is 2.60. The monoisotopic (exact) mass is 137 g/mol. The van der Waals surface area contributed by atoms with Crippen LogP contribution in [0, 0.1) is 0 Å². The van der Waals surface area contributed by atoms with Gasteiger partial charge in [-0.3, -0.25) is 0 Å². The van der Waals surface area contributed by atoms with Gasteiger partial charge in [-0.2, -0.15) is 0 Å². The van der Waals surface area contributed by atoms with Crippen molar-refractivity contribution in [1.82, 2.24) is 5.39 Å². The molecule has 0 aromatic heterocycles. The molecule has 0 aromatic rings. The summed E-state index contributed by atoms with van der Waals surface area (Å²) in [6.45, 7) is 4.06. The van der Waals surface area contributed by atoms with Crippen molar-refractivity contribution in [2.45, 2.75) is 19.5 Å². The van der Waals surface area contributed by atoms with Gasteiger partial charge in [0, 0.05) is 0 Å². The van der Waals surface area contributed by atoms with Gasteiger partial charge < -0.3 is 0 Å². The van der Waals surface area contributed by atoms with Crippen LogP contribution < -0.4 is 0 Å². The summed E-state index contributed by atoms with van der Waals surface area (Å²) in [5.74, 6) is 0. The molecule has 0 unspecified atom stereocenters. The Bertz CT molecular complexity index is 111. The molecule has 5 heteroatoms. The third-order valence-electron chi connectivity index (χ3n) is 1.31. The minimum atomic E-state index is -2.00. The van der Waals surface area contributed by atoms with E-state index in [1.807, 2.05) is 13.8 Å². The molecule has 0 radical (unpaired) electrons. The fourth-order valence-corrected chi connectivity index (χ4v) is 1.95. The van der Waals surface area contributed by atoms with E-state index in [0.717, 1.165) is 5.39 Å². The molecular formula is C3H8NO3P. The zero-order valence-electron chi connectivity index (χ0n) is 4.75. The quantitative estimate of drug-likeness (QED) is 0.504. The molecule has 2 bridgehead atoms. The van der Waals surface area contributed by atoms with Crippen LogP contribution in [0.15, 0.2) is 0 Å². The first-order chi connectivity index (χ1) is 3.73. The van der Waals surface area contributed by atoms with Crippen molar-refractivity contribution < 1.29 is 13.9 Å². The molecule has 0 aromatic carbocycles. The van der Waals surface area contributed by atoms with Gasteiger partial charge in [0.15, 0.2) is 0 Å². The van der Waals surface area contributed by atoms with Gasteiger partial charge in [0.05, 0.1) is 0 Å². The summed E-state index contributed by atoms with van der Waals surface area (Å²) < 4.78 is 15.0. The third kappa shape index (κ3) is 0.385. The Balaban J connectivity index is 2.04. The van der Waals surface area contributed by atoms with Crippen molar-refractivity contribution in [3.63, 3.8) is 0 Å². The Hall–Kier alpha value is 0.270. The van der Waals surface area contributed by atoms with E-state index < -0.39 is 7.94 Å². The van der Waals surface area contributed by atoms with E-state index in [9.17, 15) is 0 Å². The predicted octanol–water partition coefficient (Wildman–Crippen LogP) is 1.01. The van der Waals surface area contributed by atoms with Gasteiger partial charge in [-0.25, -0.2) is 0 Å². The maximum absolute atomic E-state index is 5.00. The van der Waals surface area contributed by atoms with Gasteiger partial charge in [0.25, 0.3) is 0 Å². The van der Waals surface area contributed by atoms with E-state index in [1.54, 1.807) is 0 Å². The average Bonchev–Trinajstić information content (AvgIpc) is 1.16. The number of rotatable bonds is 1. The number of nitrogens with zero attached hydrogens (tertiary/aromatic N) is 1. The van der Waals surface area contributed by atoms with Gasteiger partial charge in [0.2, 0.25) is 0 Å². The minimum absolute atomic E-state index is 0.396. The van der Waals surface area contributed by atoms with Crippen LogP contribution >= 0.6 is 7.94 Å². The number of hydrogen-bond acceptors (Lipinski definition) is 4. The third-order valence-corrected chi connectivity index (χ3v) is 3.94. The van der Waals surface area contributed by atoms with E-state index in [1.165, 1.54) is 0 Å². The van der Waals surface area contributed by atoms with E-state index in [0.29, 0.717) is 5.66 Å². The van der Waals surface area contributed by atoms with Crippen LogP contribution in [-0.4, -0.2) is 11.0 Å². The van der Waals surface area contributed by atoms with Gasteiger partial charge >= 0.3 is 46.7 Å². The fourth-order valence-electron chi connectivity index (χ4n) is 0.648. The van der Waals surface area contributed by atoms with Crippen LogP contribution in [0.3, 0.4) is 0 Å². The summed E-state index contributed by atoms with van der Waals surface area (Å²) in [7, 11) is -2.00. The molecule has 3 fully saturated rings. The Kier molecular flexibility index (Phi) is 0.779. The summed E-state index contributed by atoms with van der Waals surface area (Å²) in [4.78, 5) is 0. The van der Waals surface area contributed by atoms with Crippen molar-refractivity contribution in [1.29, 1.82) is 0 Å². The molecular weight excluding hydrogens is 129 g/mol. The van der Waals surface area contributed by atoms with E-state index in [4.69, 9.17) is 13.9 Å². The summed E-state index contributed by atoms with van der Waals surface area (Å²) in [5, 5.41) is 1.06. The van der Waals surface area contributed by atoms with E-state index >= 15 is 0 Å². The molecule has 8 heavy (non-hydrogen) atoms. The van der Waals surface area contributed by atoms with Crippen LogP contribution in [0.2, 0.25) is 0 Å². The second-order valence-electron chi connectivity index (χ2n) is 2.26. The van der Waals surface area contributed by atoms with Crippen LogP contribution in [0.1, 0.15) is 13.8 Å². The molecule has 3 saturated heterocycles. The summed E-state index contributed by atoms with van der Waals surface area (Å²) >= 11 is 0. The van der Waals surface area contributed by atoms with Gasteiger partial charge in [-0.1, -0.05) is 0 Å². The van der Waals surface area contributed by atoms with Crippen molar-refractivity contribution in [2.24, 2.45) is 0 Å². The second-order valence-corrected chi connectivity index (χ2v) is 5.17. The normalized spacial score (nSPS) is 42.6. The summed E-state index contributed by atoms with van der Waals surface area (Å²) in [6.07, 6.45) is 0. The van der Waals surface area contributed by atoms with Crippen molar-refractivity contribution in [3.8, 4) is 0 Å². The Morgan fingerprint density at radius 2 is 1.75 bits per heavy atom. The molecule has 0 N–H and O–H groups in total. The molecule has 3 rings (SSSR count). The van der Waals surface area contributed by atoms with Crippen molar-refractivity contribution >= 4 is 7.94 Å². The second kappa shape index (κ2) is 1.23. The average molecular weight is 137 g/mol. The van der Waals surface area contributed by atoms with E-state index in [2.05, 4.69) is 0 Å². The van der Waals surface area contributed by atoms with Crippen molar-refractivity contribution in [3.05, 3.63) is 0 Å². The molecule has 0 aliphatic carbocycles. The Labute approximate surface area is 47.8 Å². The Morgan fingerprint density at radius 1 is 1.25 bits per heavy atom. The van der Waals surface area contributed by atoms with Crippen LogP contribution in [0.25, 0.3) is 0 Å². The molecule has 48 valence electrons. The van der Waals surface area contributed by atoms with Gasteiger partial charge in [-0.05, 0) is 0 Å². The Morgan fingerprint density at radius 3 is 1.75 bits per heavy atom. The van der Waals surface area contributed by atoms with Crippen LogP contribution in [0.5, 0.6) is 0 Å². The SMILES string of the molecule is CC(C)[PH]12ON(O1)O2. The summed E-state index contributed by atoms with van der Waals surface area (Å²) in [6, 6.07) is 0. The molecule has 0 spiro atoms. The molecule has 0 amide bonds. The predicted molar refractivity (Wildman–Crippen MR) is 28.5 cm³/mol. The van der Waals surface area contributed by atoms with Crippen molar-refractivity contribution in [2.75, 3.05) is 0 Å². The molecule has 0 atom stereocenters. The molecule has 3 heterocycles. The molecule has 0 saturated carbocycles. The fraction of sp³-hybridized carbons (Fsp3) is 1.00. The van der Waals surface area contributed by atoms with Gasteiger partial charge in [-0.15, -0.1) is 0 Å². The van der Waals surface area contributed by atoms with Crippen LogP contribution in [0.4, 0.5) is 0 Å². The topological polar surface area (TPSA) is 30.9 Å². The first kappa shape index (κ1) is 5.09. The van der Waals surface area contributed by atoms with Crippen LogP contribution in [-0.2, 0) is 13.9 Å². The number of hydrogen-bond donors (Lipinski definition) is 0. The zero-order valence-corrected chi connectivity index (χ0v) is 5.75. The first-order valence-corrected chi connectivity index (χ1v) is 4.41.